The molecule has 13 heavy (non-hydrogen) atoms. The lowest BCUT2D eigenvalue weighted by molar-refractivity contribution is 0.142. The maximum absolute atomic E-state index is 10.2. The van der Waals surface area contributed by atoms with E-state index in [4.69, 9.17) is 5.11 Å². The van der Waals surface area contributed by atoms with Crippen molar-refractivity contribution in [1.29, 1.82) is 0 Å². The molecule has 0 unspecified atom stereocenters. The second-order valence-corrected chi connectivity index (χ2v) is 2.29. The first-order valence-corrected chi connectivity index (χ1v) is 3.56. The molecule has 0 atom stereocenters. The molecule has 0 aliphatic carbocycles. The molecule has 70 valence electrons. The SMILES string of the molecule is CNc1nc(C)cc(OC(=O)O)n1. The average Bonchev–Trinajstić information content (AvgIpc) is 2.01. The van der Waals surface area contributed by atoms with Crippen molar-refractivity contribution in [3.05, 3.63) is 11.8 Å². The number of hydrogen-bond donors (Lipinski definition) is 2. The molecule has 0 aliphatic heterocycles. The molecule has 0 aromatic carbocycles. The normalized spacial score (nSPS) is 9.38. The molecule has 6 heteroatoms. The zero-order chi connectivity index (χ0) is 9.84. The van der Waals surface area contributed by atoms with E-state index in [9.17, 15) is 4.79 Å². The van der Waals surface area contributed by atoms with Crippen LogP contribution in [-0.2, 0) is 0 Å². The van der Waals surface area contributed by atoms with E-state index in [0.717, 1.165) is 0 Å². The van der Waals surface area contributed by atoms with Crippen molar-refractivity contribution in [1.82, 2.24) is 9.97 Å². The van der Waals surface area contributed by atoms with E-state index in [1.807, 2.05) is 0 Å². The van der Waals surface area contributed by atoms with Crippen LogP contribution in [0.15, 0.2) is 6.07 Å². The summed E-state index contributed by atoms with van der Waals surface area (Å²) in [6.45, 7) is 1.72. The number of aryl methyl sites for hydroxylation is 1. The van der Waals surface area contributed by atoms with Crippen LogP contribution in [0.2, 0.25) is 0 Å². The highest BCUT2D eigenvalue weighted by molar-refractivity contribution is 5.60. The lowest BCUT2D eigenvalue weighted by Crippen LogP contribution is -2.07. The van der Waals surface area contributed by atoms with Crippen LogP contribution in [0.4, 0.5) is 10.7 Å². The molecular formula is C7H9N3O3. The maximum atomic E-state index is 10.2. The summed E-state index contributed by atoms with van der Waals surface area (Å²) in [5, 5.41) is 11.0. The minimum absolute atomic E-state index is 0.0179. The second kappa shape index (κ2) is 3.70. The predicted octanol–water partition coefficient (Wildman–Crippen LogP) is 0.884. The second-order valence-electron chi connectivity index (χ2n) is 2.29. The molecule has 1 heterocycles. The van der Waals surface area contributed by atoms with Crippen LogP contribution < -0.4 is 10.1 Å². The topological polar surface area (TPSA) is 84.3 Å². The van der Waals surface area contributed by atoms with Gasteiger partial charge in [-0.2, -0.15) is 4.98 Å². The predicted molar refractivity (Wildman–Crippen MR) is 45.0 cm³/mol. The third kappa shape index (κ3) is 2.58. The van der Waals surface area contributed by atoms with E-state index in [0.29, 0.717) is 11.6 Å². The van der Waals surface area contributed by atoms with Crippen molar-refractivity contribution < 1.29 is 14.6 Å². The fourth-order valence-electron chi connectivity index (χ4n) is 0.793. The molecular weight excluding hydrogens is 174 g/mol. The summed E-state index contributed by atoms with van der Waals surface area (Å²) < 4.78 is 4.36. The van der Waals surface area contributed by atoms with Gasteiger partial charge in [-0.05, 0) is 6.92 Å². The van der Waals surface area contributed by atoms with E-state index in [2.05, 4.69) is 20.0 Å². The summed E-state index contributed by atoms with van der Waals surface area (Å²) in [5.41, 5.74) is 0.635. The van der Waals surface area contributed by atoms with Gasteiger partial charge in [0.1, 0.15) is 0 Å². The Morgan fingerprint density at radius 3 is 2.85 bits per heavy atom. The Bertz CT molecular complexity index is 327. The van der Waals surface area contributed by atoms with Gasteiger partial charge in [0.25, 0.3) is 0 Å². The molecule has 1 aromatic rings. The van der Waals surface area contributed by atoms with Crippen LogP contribution in [0.25, 0.3) is 0 Å². The number of rotatable bonds is 2. The smallest absolute Gasteiger partial charge is 0.449 e. The third-order valence-electron chi connectivity index (χ3n) is 1.25. The number of nitrogens with one attached hydrogen (secondary N) is 1. The van der Waals surface area contributed by atoms with Gasteiger partial charge in [-0.15, -0.1) is 0 Å². The Hall–Kier alpha value is -1.85. The number of carboxylic acid groups (broad SMARTS) is 1. The highest BCUT2D eigenvalue weighted by Gasteiger charge is 2.05. The van der Waals surface area contributed by atoms with E-state index < -0.39 is 6.16 Å². The Morgan fingerprint density at radius 2 is 2.31 bits per heavy atom. The van der Waals surface area contributed by atoms with Gasteiger partial charge in [0, 0.05) is 18.8 Å². The van der Waals surface area contributed by atoms with E-state index >= 15 is 0 Å². The highest BCUT2D eigenvalue weighted by Crippen LogP contribution is 2.11. The van der Waals surface area contributed by atoms with Crippen molar-refractivity contribution in [3.63, 3.8) is 0 Å². The lowest BCUT2D eigenvalue weighted by Gasteiger charge is -2.02. The number of hydrogen-bond acceptors (Lipinski definition) is 5. The molecule has 0 aliphatic rings. The molecule has 2 N–H and O–H groups in total. The van der Waals surface area contributed by atoms with E-state index in [-0.39, 0.29) is 5.88 Å². The summed E-state index contributed by atoms with van der Waals surface area (Å²) in [6.07, 6.45) is -1.39. The van der Waals surface area contributed by atoms with Gasteiger partial charge in [0.2, 0.25) is 11.8 Å². The molecule has 1 aromatic heterocycles. The van der Waals surface area contributed by atoms with Gasteiger partial charge in [-0.1, -0.05) is 0 Å². The fourth-order valence-corrected chi connectivity index (χ4v) is 0.793. The zero-order valence-electron chi connectivity index (χ0n) is 7.24. The molecule has 1 rings (SSSR count). The van der Waals surface area contributed by atoms with Crippen molar-refractivity contribution >= 4 is 12.1 Å². The molecule has 0 fully saturated rings. The first-order chi connectivity index (χ1) is 6.11. The molecule has 0 spiro atoms. The quantitative estimate of drug-likeness (QED) is 0.662. The van der Waals surface area contributed by atoms with Crippen LogP contribution in [0.3, 0.4) is 0 Å². The van der Waals surface area contributed by atoms with Gasteiger partial charge in [-0.25, -0.2) is 9.78 Å². The summed E-state index contributed by atoms with van der Waals surface area (Å²) >= 11 is 0. The number of aromatic nitrogens is 2. The van der Waals surface area contributed by atoms with Crippen molar-refractivity contribution in [2.24, 2.45) is 0 Å². The molecule has 0 amide bonds. The number of carbonyl (C=O) groups is 1. The number of nitrogens with zero attached hydrogens (tertiary/aromatic N) is 2. The number of ether oxygens (including phenoxy) is 1. The highest BCUT2D eigenvalue weighted by atomic mass is 16.7. The van der Waals surface area contributed by atoms with Crippen LogP contribution in [0.5, 0.6) is 5.88 Å². The van der Waals surface area contributed by atoms with E-state index in [1.165, 1.54) is 6.07 Å². The largest absolute Gasteiger partial charge is 0.512 e. The summed E-state index contributed by atoms with van der Waals surface area (Å²) in [7, 11) is 1.64. The summed E-state index contributed by atoms with van der Waals surface area (Å²) in [6, 6.07) is 1.44. The molecule has 6 nitrogen and oxygen atoms in total. The molecule has 0 saturated carbocycles. The molecule has 0 radical (unpaired) electrons. The Balaban J connectivity index is 2.94. The standard InChI is InChI=1S/C7H9N3O3/c1-4-3-5(13-7(11)12)10-6(8-2)9-4/h3H,1-2H3,(H,11,12)(H,8,9,10). The Labute approximate surface area is 74.6 Å². The van der Waals surface area contributed by atoms with Gasteiger partial charge >= 0.3 is 6.16 Å². The Morgan fingerprint density at radius 1 is 1.62 bits per heavy atom. The first kappa shape index (κ1) is 9.24. The average molecular weight is 183 g/mol. The van der Waals surface area contributed by atoms with Crippen LogP contribution in [-0.4, -0.2) is 28.3 Å². The third-order valence-corrected chi connectivity index (χ3v) is 1.25. The van der Waals surface area contributed by atoms with Crippen LogP contribution in [0, 0.1) is 6.92 Å². The molecule has 0 saturated heterocycles. The van der Waals surface area contributed by atoms with Gasteiger partial charge in [0.05, 0.1) is 0 Å². The monoisotopic (exact) mass is 183 g/mol. The minimum atomic E-state index is -1.39. The van der Waals surface area contributed by atoms with Crippen molar-refractivity contribution in [2.75, 3.05) is 12.4 Å². The molecule has 0 bridgehead atoms. The number of anilines is 1. The van der Waals surface area contributed by atoms with Crippen LogP contribution in [0.1, 0.15) is 5.69 Å². The van der Waals surface area contributed by atoms with Gasteiger partial charge < -0.3 is 15.2 Å². The summed E-state index contributed by atoms with van der Waals surface area (Å²) in [5.74, 6) is 0.348. The first-order valence-electron chi connectivity index (χ1n) is 3.56. The lowest BCUT2D eigenvalue weighted by atomic mass is 10.4. The van der Waals surface area contributed by atoms with Crippen molar-refractivity contribution in [3.8, 4) is 5.88 Å². The van der Waals surface area contributed by atoms with Gasteiger partial charge in [-0.3, -0.25) is 0 Å². The van der Waals surface area contributed by atoms with Gasteiger partial charge in [0.15, 0.2) is 0 Å². The fraction of sp³-hybridized carbons (Fsp3) is 0.286. The zero-order valence-corrected chi connectivity index (χ0v) is 7.24. The van der Waals surface area contributed by atoms with E-state index in [1.54, 1.807) is 14.0 Å². The van der Waals surface area contributed by atoms with Crippen molar-refractivity contribution in [2.45, 2.75) is 6.92 Å². The Kier molecular flexibility index (Phi) is 2.63. The summed E-state index contributed by atoms with van der Waals surface area (Å²) in [4.78, 5) is 17.9. The maximum Gasteiger partial charge on any atom is 0.512 e. The van der Waals surface area contributed by atoms with Crippen LogP contribution >= 0.6 is 0 Å². The minimum Gasteiger partial charge on any atom is -0.449 e.